The van der Waals surface area contributed by atoms with Crippen molar-refractivity contribution >= 4 is 0 Å². The van der Waals surface area contributed by atoms with Crippen LogP contribution in [0.5, 0.6) is 0 Å². The molecule has 0 spiro atoms. The lowest BCUT2D eigenvalue weighted by Crippen LogP contribution is -2.43. The molecular formula is C12H19N3O5. The minimum Gasteiger partial charge on any atom is -0.350 e. The molecular weight excluding hydrogens is 266 g/mol. The number of nitrogens with zero attached hydrogens (tertiary/aromatic N) is 3. The van der Waals surface area contributed by atoms with Crippen molar-refractivity contribution in [1.29, 1.82) is 0 Å². The van der Waals surface area contributed by atoms with E-state index < -0.39 is 36.1 Å². The van der Waals surface area contributed by atoms with Crippen molar-refractivity contribution < 1.29 is 23.7 Å². The highest BCUT2D eigenvalue weighted by atomic mass is 16.9. The number of hydrogen-bond donors (Lipinski definition) is 0. The second-order valence-electron chi connectivity index (χ2n) is 6.13. The van der Waals surface area contributed by atoms with Gasteiger partial charge in [0.25, 0.3) is 0 Å². The number of azide groups is 1. The van der Waals surface area contributed by atoms with Gasteiger partial charge in [0.2, 0.25) is 0 Å². The second kappa shape index (κ2) is 4.56. The van der Waals surface area contributed by atoms with Gasteiger partial charge in [-0.3, -0.25) is 0 Å². The molecule has 8 heteroatoms. The van der Waals surface area contributed by atoms with E-state index in [-0.39, 0.29) is 12.7 Å². The molecule has 3 heterocycles. The van der Waals surface area contributed by atoms with Crippen molar-refractivity contribution in [3.8, 4) is 0 Å². The number of rotatable bonds is 1. The maximum atomic E-state index is 8.69. The number of hydrogen-bond acceptors (Lipinski definition) is 6. The Morgan fingerprint density at radius 2 is 1.70 bits per heavy atom. The SMILES string of the molecule is CC1(C)OCC(N=[N+]=[N-])[C@H]2O[C@@H]3OC(C)(C)O[C@@H]3[C@H]2O1. The van der Waals surface area contributed by atoms with Gasteiger partial charge in [0.1, 0.15) is 18.3 Å². The summed E-state index contributed by atoms with van der Waals surface area (Å²) >= 11 is 0. The molecule has 0 N–H and O–H groups in total. The molecule has 8 nitrogen and oxygen atoms in total. The van der Waals surface area contributed by atoms with Crippen molar-refractivity contribution in [3.63, 3.8) is 0 Å². The van der Waals surface area contributed by atoms with Crippen molar-refractivity contribution in [3.05, 3.63) is 10.4 Å². The summed E-state index contributed by atoms with van der Waals surface area (Å²) in [6.45, 7) is 7.52. The highest BCUT2D eigenvalue weighted by Gasteiger charge is 2.59. The highest BCUT2D eigenvalue weighted by Crippen LogP contribution is 2.42. The summed E-state index contributed by atoms with van der Waals surface area (Å²) in [7, 11) is 0. The summed E-state index contributed by atoms with van der Waals surface area (Å²) in [5.74, 6) is -1.51. The molecule has 20 heavy (non-hydrogen) atoms. The molecule has 0 aromatic rings. The van der Waals surface area contributed by atoms with Crippen molar-refractivity contribution in [2.24, 2.45) is 5.11 Å². The van der Waals surface area contributed by atoms with Crippen LogP contribution in [-0.2, 0) is 23.7 Å². The minimum absolute atomic E-state index is 0.237. The van der Waals surface area contributed by atoms with E-state index in [1.165, 1.54) is 0 Å². The summed E-state index contributed by atoms with van der Waals surface area (Å²) in [5.41, 5.74) is 8.69. The van der Waals surface area contributed by atoms with E-state index in [1.807, 2.05) is 27.7 Å². The summed E-state index contributed by atoms with van der Waals surface area (Å²) in [6, 6.07) is -0.465. The smallest absolute Gasteiger partial charge is 0.190 e. The Bertz CT molecular complexity index is 448. The number of ether oxygens (including phenoxy) is 5. The third-order valence-corrected chi connectivity index (χ3v) is 3.63. The monoisotopic (exact) mass is 285 g/mol. The van der Waals surface area contributed by atoms with Crippen LogP contribution in [0, 0.1) is 0 Å². The van der Waals surface area contributed by atoms with Crippen LogP contribution >= 0.6 is 0 Å². The zero-order valence-corrected chi connectivity index (χ0v) is 12.0. The van der Waals surface area contributed by atoms with Gasteiger partial charge in [-0.25, -0.2) is 0 Å². The van der Waals surface area contributed by atoms with Gasteiger partial charge >= 0.3 is 0 Å². The Labute approximate surface area is 116 Å². The van der Waals surface area contributed by atoms with Gasteiger partial charge in [0.05, 0.1) is 12.6 Å². The fourth-order valence-corrected chi connectivity index (χ4v) is 2.86. The van der Waals surface area contributed by atoms with E-state index in [0.717, 1.165) is 0 Å². The van der Waals surface area contributed by atoms with E-state index in [2.05, 4.69) is 10.0 Å². The molecule has 3 aliphatic rings. The van der Waals surface area contributed by atoms with E-state index in [4.69, 9.17) is 29.2 Å². The Morgan fingerprint density at radius 1 is 1.00 bits per heavy atom. The molecule has 3 fully saturated rings. The van der Waals surface area contributed by atoms with Crippen molar-refractivity contribution in [1.82, 2.24) is 0 Å². The first-order chi connectivity index (χ1) is 9.31. The first-order valence-corrected chi connectivity index (χ1v) is 6.68. The van der Waals surface area contributed by atoms with Gasteiger partial charge in [-0.1, -0.05) is 5.11 Å². The van der Waals surface area contributed by atoms with Crippen LogP contribution < -0.4 is 0 Å². The standard InChI is InChI=1S/C12H19N3O5/c1-11(2)16-5-6(14-15-13)7-8(18-11)9-10(17-7)20-12(3,4)19-9/h6-10H,5H2,1-4H3/t6?,7-,8+,9-,10-/m1/s1. The lowest BCUT2D eigenvalue weighted by atomic mass is 10.0. The van der Waals surface area contributed by atoms with Crippen LogP contribution in [0.4, 0.5) is 0 Å². The average molecular weight is 285 g/mol. The summed E-state index contributed by atoms with van der Waals surface area (Å²) in [6.07, 6.45) is -1.69. The van der Waals surface area contributed by atoms with Gasteiger partial charge in [-0.15, -0.1) is 0 Å². The molecule has 1 unspecified atom stereocenters. The lowest BCUT2D eigenvalue weighted by Gasteiger charge is -2.29. The molecule has 0 aliphatic carbocycles. The molecule has 5 atom stereocenters. The second-order valence-corrected chi connectivity index (χ2v) is 6.13. The minimum atomic E-state index is -0.795. The Kier molecular flexibility index (Phi) is 3.20. The van der Waals surface area contributed by atoms with Crippen LogP contribution in [0.1, 0.15) is 27.7 Å². The molecule has 0 aromatic carbocycles. The maximum absolute atomic E-state index is 8.69. The normalized spacial score (nSPS) is 45.1. The molecule has 0 bridgehead atoms. The highest BCUT2D eigenvalue weighted by molar-refractivity contribution is 5.01. The van der Waals surface area contributed by atoms with Gasteiger partial charge in [0, 0.05) is 4.91 Å². The third-order valence-electron chi connectivity index (χ3n) is 3.63. The average Bonchev–Trinajstić information content (AvgIpc) is 2.74. The third kappa shape index (κ3) is 2.39. The topological polar surface area (TPSA) is 94.9 Å². The predicted octanol–water partition coefficient (Wildman–Crippen LogP) is 1.69. The quantitative estimate of drug-likeness (QED) is 0.415. The Morgan fingerprint density at radius 3 is 2.40 bits per heavy atom. The summed E-state index contributed by atoms with van der Waals surface area (Å²) < 4.78 is 29.0. The summed E-state index contributed by atoms with van der Waals surface area (Å²) in [5, 5.41) is 3.75. The van der Waals surface area contributed by atoms with Crippen LogP contribution in [-0.4, -0.2) is 48.8 Å². The van der Waals surface area contributed by atoms with E-state index in [1.54, 1.807) is 0 Å². The van der Waals surface area contributed by atoms with Gasteiger partial charge in [-0.05, 0) is 33.2 Å². The van der Waals surface area contributed by atoms with Crippen LogP contribution in [0.25, 0.3) is 10.4 Å². The molecule has 3 saturated heterocycles. The first kappa shape index (κ1) is 14.1. The zero-order valence-electron chi connectivity index (χ0n) is 12.0. The largest absolute Gasteiger partial charge is 0.350 e. The Hall–Kier alpha value is -0.890. The Balaban J connectivity index is 1.88. The molecule has 112 valence electrons. The molecule has 0 saturated carbocycles. The van der Waals surface area contributed by atoms with E-state index >= 15 is 0 Å². The van der Waals surface area contributed by atoms with Gasteiger partial charge < -0.3 is 23.7 Å². The first-order valence-electron chi connectivity index (χ1n) is 6.68. The lowest BCUT2D eigenvalue weighted by molar-refractivity contribution is -0.253. The number of fused-ring (bicyclic) bond motifs is 3. The predicted molar refractivity (Wildman–Crippen MR) is 66.5 cm³/mol. The van der Waals surface area contributed by atoms with E-state index in [9.17, 15) is 0 Å². The van der Waals surface area contributed by atoms with Crippen LogP contribution in [0.2, 0.25) is 0 Å². The van der Waals surface area contributed by atoms with E-state index in [0.29, 0.717) is 0 Å². The van der Waals surface area contributed by atoms with Crippen molar-refractivity contribution in [2.75, 3.05) is 6.61 Å². The van der Waals surface area contributed by atoms with Gasteiger partial charge in [0.15, 0.2) is 17.9 Å². The van der Waals surface area contributed by atoms with Crippen LogP contribution in [0.3, 0.4) is 0 Å². The molecule has 0 aromatic heterocycles. The van der Waals surface area contributed by atoms with Crippen LogP contribution in [0.15, 0.2) is 5.11 Å². The maximum Gasteiger partial charge on any atom is 0.190 e. The van der Waals surface area contributed by atoms with Crippen molar-refractivity contribution in [2.45, 2.75) is 69.9 Å². The molecule has 3 rings (SSSR count). The molecule has 3 aliphatic heterocycles. The molecule has 0 amide bonds. The zero-order chi connectivity index (χ0) is 14.5. The fourth-order valence-electron chi connectivity index (χ4n) is 2.86. The van der Waals surface area contributed by atoms with Gasteiger partial charge in [-0.2, -0.15) is 0 Å². The molecule has 0 radical (unpaired) electrons. The summed E-state index contributed by atoms with van der Waals surface area (Å²) in [4.78, 5) is 2.86. The fraction of sp³-hybridized carbons (Fsp3) is 1.00.